The van der Waals surface area contributed by atoms with Gasteiger partial charge < -0.3 is 5.32 Å². The number of hydrogen-bond donors (Lipinski definition) is 1. The molecule has 1 unspecified atom stereocenters. The number of aromatic nitrogens is 2. The van der Waals surface area contributed by atoms with Gasteiger partial charge in [-0.05, 0) is 18.1 Å². The third-order valence-electron chi connectivity index (χ3n) is 4.10. The van der Waals surface area contributed by atoms with E-state index in [1.54, 1.807) is 0 Å². The van der Waals surface area contributed by atoms with Crippen LogP contribution >= 0.6 is 0 Å². The second-order valence-electron chi connectivity index (χ2n) is 5.89. The molecule has 21 heavy (non-hydrogen) atoms. The van der Waals surface area contributed by atoms with Gasteiger partial charge in [0.05, 0.1) is 5.69 Å². The van der Waals surface area contributed by atoms with Gasteiger partial charge in [0.1, 0.15) is 0 Å². The van der Waals surface area contributed by atoms with Crippen LogP contribution in [0, 0.1) is 0 Å². The number of rotatable bonds is 6. The van der Waals surface area contributed by atoms with E-state index in [9.17, 15) is 0 Å². The molecule has 0 amide bonds. The second kappa shape index (κ2) is 6.87. The fourth-order valence-corrected chi connectivity index (χ4v) is 2.99. The van der Waals surface area contributed by atoms with Crippen molar-refractivity contribution in [3.8, 4) is 0 Å². The molecule has 0 radical (unpaired) electrons. The highest BCUT2D eigenvalue weighted by molar-refractivity contribution is 5.14. The Kier molecular flexibility index (Phi) is 4.68. The van der Waals surface area contributed by atoms with E-state index in [1.165, 1.54) is 24.2 Å². The molecule has 1 aromatic carbocycles. The van der Waals surface area contributed by atoms with Crippen LogP contribution in [-0.2, 0) is 20.0 Å². The second-order valence-corrected chi connectivity index (χ2v) is 5.89. The van der Waals surface area contributed by atoms with E-state index in [2.05, 4.69) is 51.7 Å². The van der Waals surface area contributed by atoms with Crippen molar-refractivity contribution in [2.24, 2.45) is 7.05 Å². The van der Waals surface area contributed by atoms with Gasteiger partial charge in [0, 0.05) is 51.9 Å². The Hall–Kier alpha value is -1.65. The van der Waals surface area contributed by atoms with Crippen LogP contribution in [0.1, 0.15) is 17.7 Å². The van der Waals surface area contributed by atoms with Gasteiger partial charge >= 0.3 is 0 Å². The topological polar surface area (TPSA) is 33.1 Å². The molecule has 1 saturated heterocycles. The molecule has 1 atom stereocenters. The lowest BCUT2D eigenvalue weighted by Crippen LogP contribution is -2.33. The molecule has 1 N–H and O–H groups in total. The van der Waals surface area contributed by atoms with E-state index in [4.69, 9.17) is 0 Å². The van der Waals surface area contributed by atoms with Gasteiger partial charge in [0.25, 0.3) is 0 Å². The molecule has 0 bridgehead atoms. The third-order valence-corrected chi connectivity index (χ3v) is 4.10. The van der Waals surface area contributed by atoms with Gasteiger partial charge in [-0.25, -0.2) is 0 Å². The fourth-order valence-electron chi connectivity index (χ4n) is 2.99. The first-order valence-corrected chi connectivity index (χ1v) is 7.78. The minimum Gasteiger partial charge on any atom is -0.312 e. The molecule has 1 fully saturated rings. The van der Waals surface area contributed by atoms with Gasteiger partial charge in [-0.3, -0.25) is 9.58 Å². The first-order chi connectivity index (χ1) is 10.3. The van der Waals surface area contributed by atoms with Gasteiger partial charge in [-0.15, -0.1) is 0 Å². The molecule has 112 valence electrons. The highest BCUT2D eigenvalue weighted by Gasteiger charge is 2.21. The van der Waals surface area contributed by atoms with E-state index >= 15 is 0 Å². The van der Waals surface area contributed by atoms with Crippen molar-refractivity contribution in [2.75, 3.05) is 19.6 Å². The minimum absolute atomic E-state index is 0.623. The Labute approximate surface area is 126 Å². The smallest absolute Gasteiger partial charge is 0.0637 e. The molecule has 2 aromatic rings. The molecule has 1 aliphatic heterocycles. The van der Waals surface area contributed by atoms with Crippen molar-refractivity contribution in [2.45, 2.75) is 25.4 Å². The Morgan fingerprint density at radius 2 is 2.10 bits per heavy atom. The van der Waals surface area contributed by atoms with Crippen LogP contribution < -0.4 is 5.32 Å². The number of nitrogens with zero attached hydrogens (tertiary/aromatic N) is 3. The molecule has 1 aromatic heterocycles. The third kappa shape index (κ3) is 4.16. The van der Waals surface area contributed by atoms with E-state index in [-0.39, 0.29) is 0 Å². The number of nitrogens with one attached hydrogen (secondary N) is 1. The lowest BCUT2D eigenvalue weighted by atomic mass is 10.2. The summed E-state index contributed by atoms with van der Waals surface area (Å²) in [6.07, 6.45) is 4.26. The number of aryl methyl sites for hydroxylation is 1. The molecular weight excluding hydrogens is 260 g/mol. The summed E-state index contributed by atoms with van der Waals surface area (Å²) in [5.74, 6) is 0. The maximum Gasteiger partial charge on any atom is 0.0637 e. The quantitative estimate of drug-likeness (QED) is 0.878. The summed E-state index contributed by atoms with van der Waals surface area (Å²) in [4.78, 5) is 2.54. The zero-order chi connectivity index (χ0) is 14.5. The summed E-state index contributed by atoms with van der Waals surface area (Å²) < 4.78 is 1.87. The largest absolute Gasteiger partial charge is 0.312 e. The number of likely N-dealkylation sites (tertiary alicyclic amines) is 1. The summed E-state index contributed by atoms with van der Waals surface area (Å²) in [6, 6.07) is 13.5. The van der Waals surface area contributed by atoms with Crippen LogP contribution in [0.5, 0.6) is 0 Å². The Morgan fingerprint density at radius 3 is 2.86 bits per heavy atom. The summed E-state index contributed by atoms with van der Waals surface area (Å²) in [5, 5.41) is 8.08. The normalized spacial score (nSPS) is 19.2. The summed E-state index contributed by atoms with van der Waals surface area (Å²) in [5.41, 5.74) is 2.58. The van der Waals surface area contributed by atoms with Crippen molar-refractivity contribution in [3.63, 3.8) is 0 Å². The van der Waals surface area contributed by atoms with Crippen molar-refractivity contribution < 1.29 is 0 Å². The molecule has 0 saturated carbocycles. The average Bonchev–Trinajstić information content (AvgIpc) is 3.10. The number of hydrogen-bond acceptors (Lipinski definition) is 3. The van der Waals surface area contributed by atoms with Crippen LogP contribution in [0.4, 0.5) is 0 Å². The zero-order valence-corrected chi connectivity index (χ0v) is 12.7. The SMILES string of the molecule is Cn1ccc(CCNC2CCN(Cc3ccccc3)C2)n1. The molecule has 4 nitrogen and oxygen atoms in total. The Morgan fingerprint density at radius 1 is 1.24 bits per heavy atom. The van der Waals surface area contributed by atoms with Gasteiger partial charge in [0.2, 0.25) is 0 Å². The van der Waals surface area contributed by atoms with Crippen LogP contribution in [0.15, 0.2) is 42.6 Å². The monoisotopic (exact) mass is 284 g/mol. The lowest BCUT2D eigenvalue weighted by molar-refractivity contribution is 0.320. The zero-order valence-electron chi connectivity index (χ0n) is 12.7. The first-order valence-electron chi connectivity index (χ1n) is 7.78. The fraction of sp³-hybridized carbons (Fsp3) is 0.471. The Bertz CT molecular complexity index is 549. The Balaban J connectivity index is 1.38. The van der Waals surface area contributed by atoms with Crippen LogP contribution in [0.25, 0.3) is 0 Å². The van der Waals surface area contributed by atoms with Crippen LogP contribution in [0.2, 0.25) is 0 Å². The van der Waals surface area contributed by atoms with Crippen molar-refractivity contribution >= 4 is 0 Å². The molecule has 0 spiro atoms. The molecule has 3 rings (SSSR count). The van der Waals surface area contributed by atoms with Gasteiger partial charge in [-0.2, -0.15) is 5.10 Å². The lowest BCUT2D eigenvalue weighted by Gasteiger charge is -2.16. The maximum absolute atomic E-state index is 4.41. The molecular formula is C17H24N4. The standard InChI is InChI=1S/C17H24N4/c1-20-11-8-16(19-20)7-10-18-17-9-12-21(14-17)13-15-5-3-2-4-6-15/h2-6,8,11,17-18H,7,9-10,12-14H2,1H3. The van der Waals surface area contributed by atoms with E-state index in [0.29, 0.717) is 6.04 Å². The highest BCUT2D eigenvalue weighted by atomic mass is 15.2. The predicted molar refractivity (Wildman–Crippen MR) is 85.0 cm³/mol. The van der Waals surface area contributed by atoms with Crippen molar-refractivity contribution in [1.29, 1.82) is 0 Å². The van der Waals surface area contributed by atoms with E-state index in [0.717, 1.165) is 26.1 Å². The van der Waals surface area contributed by atoms with E-state index in [1.807, 2.05) is 17.9 Å². The molecule has 4 heteroatoms. The molecule has 0 aliphatic carbocycles. The highest BCUT2D eigenvalue weighted by Crippen LogP contribution is 2.13. The predicted octanol–water partition coefficient (Wildman–Crippen LogP) is 1.83. The summed E-state index contributed by atoms with van der Waals surface area (Å²) >= 11 is 0. The number of benzene rings is 1. The van der Waals surface area contributed by atoms with Crippen LogP contribution in [0.3, 0.4) is 0 Å². The summed E-state index contributed by atoms with van der Waals surface area (Å²) in [6.45, 7) is 4.42. The summed E-state index contributed by atoms with van der Waals surface area (Å²) in [7, 11) is 1.97. The van der Waals surface area contributed by atoms with Gasteiger partial charge in [0.15, 0.2) is 0 Å². The maximum atomic E-state index is 4.41. The van der Waals surface area contributed by atoms with Crippen molar-refractivity contribution in [3.05, 3.63) is 53.9 Å². The average molecular weight is 284 g/mol. The van der Waals surface area contributed by atoms with Crippen LogP contribution in [-0.4, -0.2) is 40.4 Å². The van der Waals surface area contributed by atoms with Gasteiger partial charge in [-0.1, -0.05) is 30.3 Å². The first kappa shape index (κ1) is 14.3. The van der Waals surface area contributed by atoms with E-state index < -0.39 is 0 Å². The molecule has 1 aliphatic rings. The molecule has 2 heterocycles. The minimum atomic E-state index is 0.623. The van der Waals surface area contributed by atoms with Crippen molar-refractivity contribution in [1.82, 2.24) is 20.0 Å².